The van der Waals surface area contributed by atoms with Crippen molar-refractivity contribution in [1.82, 2.24) is 15.0 Å². The third-order valence-electron chi connectivity index (χ3n) is 2.70. The average Bonchev–Trinajstić information content (AvgIpc) is 2.47. The topological polar surface area (TPSA) is 98.0 Å². The molecular formula is C14H20N6O. The Labute approximate surface area is 123 Å². The van der Waals surface area contributed by atoms with Crippen molar-refractivity contribution in [3.8, 4) is 6.01 Å². The van der Waals surface area contributed by atoms with Crippen LogP contribution in [-0.4, -0.2) is 21.1 Å². The van der Waals surface area contributed by atoms with Crippen LogP contribution in [-0.2, 0) is 6.42 Å². The van der Waals surface area contributed by atoms with Crippen molar-refractivity contribution in [3.63, 3.8) is 0 Å². The van der Waals surface area contributed by atoms with Gasteiger partial charge < -0.3 is 10.1 Å². The molecule has 0 aliphatic heterocycles. The summed E-state index contributed by atoms with van der Waals surface area (Å²) in [4.78, 5) is 12.4. The van der Waals surface area contributed by atoms with Gasteiger partial charge >= 0.3 is 6.01 Å². The zero-order valence-corrected chi connectivity index (χ0v) is 12.4. The summed E-state index contributed by atoms with van der Waals surface area (Å²) in [6.45, 7) is 5.91. The van der Waals surface area contributed by atoms with E-state index in [1.165, 1.54) is 5.56 Å². The normalized spacial score (nSPS) is 10.5. The second kappa shape index (κ2) is 6.85. The fraction of sp³-hybridized carbons (Fsp3) is 0.357. The predicted molar refractivity (Wildman–Crippen MR) is 82.5 cm³/mol. The zero-order valence-electron chi connectivity index (χ0n) is 12.4. The van der Waals surface area contributed by atoms with Crippen LogP contribution in [0, 0.1) is 0 Å². The number of aromatic nitrogens is 3. The van der Waals surface area contributed by atoms with E-state index in [1.54, 1.807) is 0 Å². The molecule has 0 aliphatic carbocycles. The highest BCUT2D eigenvalue weighted by Gasteiger charge is 2.08. The Bertz CT molecular complexity index is 585. The smallest absolute Gasteiger partial charge is 0.323 e. The van der Waals surface area contributed by atoms with E-state index >= 15 is 0 Å². The van der Waals surface area contributed by atoms with Gasteiger partial charge in [0.1, 0.15) is 0 Å². The van der Waals surface area contributed by atoms with E-state index in [2.05, 4.69) is 44.8 Å². The summed E-state index contributed by atoms with van der Waals surface area (Å²) in [6, 6.07) is 8.27. The van der Waals surface area contributed by atoms with E-state index < -0.39 is 0 Å². The molecule has 0 saturated heterocycles. The molecule has 0 amide bonds. The number of hydrogen-bond acceptors (Lipinski definition) is 7. The largest absolute Gasteiger partial charge is 0.461 e. The lowest BCUT2D eigenvalue weighted by molar-refractivity contribution is 0.222. The first-order chi connectivity index (χ1) is 10.1. The van der Waals surface area contributed by atoms with Gasteiger partial charge in [-0.25, -0.2) is 5.84 Å². The molecule has 0 radical (unpaired) electrons. The van der Waals surface area contributed by atoms with E-state index in [0.29, 0.717) is 5.95 Å². The molecule has 7 nitrogen and oxygen atoms in total. The Hall–Kier alpha value is -2.41. The number of benzene rings is 1. The lowest BCUT2D eigenvalue weighted by Gasteiger charge is -2.11. The Kier molecular flexibility index (Phi) is 4.89. The van der Waals surface area contributed by atoms with E-state index in [9.17, 15) is 0 Å². The van der Waals surface area contributed by atoms with Crippen LogP contribution >= 0.6 is 0 Å². The SMILES string of the molecule is CCc1ccc(Nc2nc(NN)nc(OC(C)C)n2)cc1. The van der Waals surface area contributed by atoms with E-state index in [4.69, 9.17) is 10.6 Å². The number of nitrogens with zero attached hydrogens (tertiary/aromatic N) is 3. The fourth-order valence-electron chi connectivity index (χ4n) is 1.69. The number of hydrogen-bond donors (Lipinski definition) is 3. The highest BCUT2D eigenvalue weighted by molar-refractivity contribution is 5.54. The maximum absolute atomic E-state index is 5.47. The summed E-state index contributed by atoms with van der Waals surface area (Å²) < 4.78 is 5.47. The molecule has 1 aromatic heterocycles. The Balaban J connectivity index is 2.20. The molecule has 112 valence electrons. The third kappa shape index (κ3) is 4.28. The van der Waals surface area contributed by atoms with Crippen molar-refractivity contribution >= 4 is 17.6 Å². The molecule has 0 aliphatic rings. The van der Waals surface area contributed by atoms with Gasteiger partial charge in [0.05, 0.1) is 6.10 Å². The third-order valence-corrected chi connectivity index (χ3v) is 2.70. The summed E-state index contributed by atoms with van der Waals surface area (Å²) in [7, 11) is 0. The highest BCUT2D eigenvalue weighted by atomic mass is 16.5. The molecule has 1 heterocycles. The van der Waals surface area contributed by atoms with Gasteiger partial charge in [0, 0.05) is 5.69 Å². The van der Waals surface area contributed by atoms with Crippen molar-refractivity contribution in [2.75, 3.05) is 10.7 Å². The van der Waals surface area contributed by atoms with Crippen LogP contribution in [0.25, 0.3) is 0 Å². The number of ether oxygens (including phenoxy) is 1. The number of nitrogens with one attached hydrogen (secondary N) is 2. The minimum absolute atomic E-state index is 0.0327. The lowest BCUT2D eigenvalue weighted by Crippen LogP contribution is -2.15. The molecule has 0 saturated carbocycles. The van der Waals surface area contributed by atoms with Crippen molar-refractivity contribution in [1.29, 1.82) is 0 Å². The number of nitrogens with two attached hydrogens (primary N) is 1. The summed E-state index contributed by atoms with van der Waals surface area (Å²) >= 11 is 0. The van der Waals surface area contributed by atoms with Gasteiger partial charge in [0.15, 0.2) is 0 Å². The lowest BCUT2D eigenvalue weighted by atomic mass is 10.1. The van der Waals surface area contributed by atoms with Gasteiger partial charge in [-0.2, -0.15) is 15.0 Å². The predicted octanol–water partition coefficient (Wildman–Crippen LogP) is 2.25. The number of nitrogen functional groups attached to an aromatic ring is 1. The number of anilines is 3. The summed E-state index contributed by atoms with van der Waals surface area (Å²) in [6.07, 6.45) is 0.967. The van der Waals surface area contributed by atoms with Crippen molar-refractivity contribution in [3.05, 3.63) is 29.8 Å². The Morgan fingerprint density at radius 2 is 1.76 bits per heavy atom. The molecule has 0 atom stereocenters. The summed E-state index contributed by atoms with van der Waals surface area (Å²) in [5, 5.41) is 3.11. The van der Waals surface area contributed by atoms with Crippen LogP contribution in [0.5, 0.6) is 6.01 Å². The maximum atomic E-state index is 5.47. The number of aryl methyl sites for hydroxylation is 1. The van der Waals surface area contributed by atoms with Crippen LogP contribution in [0.1, 0.15) is 26.3 Å². The second-order valence-electron chi connectivity index (χ2n) is 4.75. The monoisotopic (exact) mass is 288 g/mol. The fourth-order valence-corrected chi connectivity index (χ4v) is 1.69. The van der Waals surface area contributed by atoms with Crippen LogP contribution in [0.4, 0.5) is 17.6 Å². The summed E-state index contributed by atoms with van der Waals surface area (Å²) in [5.74, 6) is 5.98. The second-order valence-corrected chi connectivity index (χ2v) is 4.75. The van der Waals surface area contributed by atoms with Gasteiger partial charge in [-0.05, 0) is 38.0 Å². The molecule has 4 N–H and O–H groups in total. The molecule has 0 fully saturated rings. The first-order valence-electron chi connectivity index (χ1n) is 6.86. The van der Waals surface area contributed by atoms with Gasteiger partial charge in [0.25, 0.3) is 0 Å². The van der Waals surface area contributed by atoms with Crippen LogP contribution in [0.2, 0.25) is 0 Å². The number of hydrazine groups is 1. The van der Waals surface area contributed by atoms with Crippen molar-refractivity contribution in [2.24, 2.45) is 5.84 Å². The van der Waals surface area contributed by atoms with Crippen LogP contribution < -0.4 is 21.3 Å². The van der Waals surface area contributed by atoms with Crippen LogP contribution in [0.15, 0.2) is 24.3 Å². The Morgan fingerprint density at radius 3 is 2.33 bits per heavy atom. The maximum Gasteiger partial charge on any atom is 0.323 e. The first kappa shape index (κ1) is 15.0. The standard InChI is InChI=1S/C14H20N6O/c1-4-10-5-7-11(8-6-10)16-12-17-13(20-15)19-14(18-12)21-9(2)3/h5-9H,4,15H2,1-3H3,(H2,16,17,18,19,20). The number of rotatable bonds is 6. The zero-order chi connectivity index (χ0) is 15.2. The molecule has 0 spiro atoms. The van der Waals surface area contributed by atoms with Gasteiger partial charge in [-0.3, -0.25) is 5.43 Å². The molecular weight excluding hydrogens is 268 g/mol. The molecule has 21 heavy (non-hydrogen) atoms. The quantitative estimate of drug-likeness (QED) is 0.554. The van der Waals surface area contributed by atoms with E-state index in [0.717, 1.165) is 12.1 Å². The first-order valence-corrected chi connectivity index (χ1v) is 6.86. The molecule has 0 unspecified atom stereocenters. The summed E-state index contributed by atoms with van der Waals surface area (Å²) in [5.41, 5.74) is 4.56. The molecule has 0 bridgehead atoms. The van der Waals surface area contributed by atoms with Crippen molar-refractivity contribution in [2.45, 2.75) is 33.3 Å². The molecule has 1 aromatic carbocycles. The molecule has 7 heteroatoms. The van der Waals surface area contributed by atoms with E-state index in [-0.39, 0.29) is 18.1 Å². The minimum atomic E-state index is -0.0327. The highest BCUT2D eigenvalue weighted by Crippen LogP contribution is 2.17. The van der Waals surface area contributed by atoms with Gasteiger partial charge in [-0.15, -0.1) is 0 Å². The van der Waals surface area contributed by atoms with Crippen molar-refractivity contribution < 1.29 is 4.74 Å². The Morgan fingerprint density at radius 1 is 1.10 bits per heavy atom. The van der Waals surface area contributed by atoms with Gasteiger partial charge in [-0.1, -0.05) is 19.1 Å². The minimum Gasteiger partial charge on any atom is -0.461 e. The molecule has 2 rings (SSSR count). The van der Waals surface area contributed by atoms with E-state index in [1.807, 2.05) is 26.0 Å². The molecule has 2 aromatic rings. The van der Waals surface area contributed by atoms with Crippen LogP contribution in [0.3, 0.4) is 0 Å². The average molecular weight is 288 g/mol. The van der Waals surface area contributed by atoms with Gasteiger partial charge in [0.2, 0.25) is 11.9 Å².